The zero-order chi connectivity index (χ0) is 16.7. The second-order valence-corrected chi connectivity index (χ2v) is 7.82. The van der Waals surface area contributed by atoms with Gasteiger partial charge in [-0.05, 0) is 49.7 Å². The Labute approximate surface area is 142 Å². The molecule has 1 heterocycles. The third-order valence-corrected chi connectivity index (χ3v) is 4.97. The molecule has 24 heavy (non-hydrogen) atoms. The van der Waals surface area contributed by atoms with E-state index in [1.165, 1.54) is 17.7 Å². The van der Waals surface area contributed by atoms with Crippen molar-refractivity contribution in [1.29, 1.82) is 0 Å². The van der Waals surface area contributed by atoms with Crippen molar-refractivity contribution in [3.8, 4) is 11.3 Å². The molecule has 1 aromatic heterocycles. The lowest BCUT2D eigenvalue weighted by molar-refractivity contribution is 0.251. The van der Waals surface area contributed by atoms with Crippen molar-refractivity contribution >= 4 is 11.7 Å². The Morgan fingerprint density at radius 1 is 1.33 bits per heavy atom. The summed E-state index contributed by atoms with van der Waals surface area (Å²) in [5.74, 6) is 0. The summed E-state index contributed by atoms with van der Waals surface area (Å²) in [5, 5.41) is 13.6. The van der Waals surface area contributed by atoms with Gasteiger partial charge in [0.05, 0.1) is 5.69 Å². The minimum absolute atomic E-state index is 0.125. The number of carbonyl (C=O) groups is 1. The minimum atomic E-state index is -0.125. The van der Waals surface area contributed by atoms with Crippen LogP contribution in [-0.2, 0) is 12.8 Å². The van der Waals surface area contributed by atoms with Crippen molar-refractivity contribution in [2.45, 2.75) is 52.0 Å². The third-order valence-electron chi connectivity index (χ3n) is 4.97. The van der Waals surface area contributed by atoms with Gasteiger partial charge < -0.3 is 10.6 Å². The molecule has 2 amide bonds. The molecule has 1 aromatic carbocycles. The Balaban J connectivity index is 1.55. The number of rotatable bonds is 3. The maximum Gasteiger partial charge on any atom is 0.319 e. The van der Waals surface area contributed by atoms with Crippen LogP contribution in [-0.4, -0.2) is 22.3 Å². The summed E-state index contributed by atoms with van der Waals surface area (Å²) < 4.78 is 0. The summed E-state index contributed by atoms with van der Waals surface area (Å²) in [4.78, 5) is 11.9. The van der Waals surface area contributed by atoms with E-state index in [1.54, 1.807) is 0 Å². The molecule has 2 aliphatic rings. The largest absolute Gasteiger partial charge is 0.335 e. The van der Waals surface area contributed by atoms with Crippen molar-refractivity contribution < 1.29 is 4.79 Å². The van der Waals surface area contributed by atoms with Crippen molar-refractivity contribution in [3.63, 3.8) is 0 Å². The van der Waals surface area contributed by atoms with Gasteiger partial charge in [-0.15, -0.1) is 0 Å². The molecule has 0 aliphatic heterocycles. The van der Waals surface area contributed by atoms with Crippen molar-refractivity contribution in [3.05, 3.63) is 35.5 Å². The van der Waals surface area contributed by atoms with Crippen LogP contribution >= 0.6 is 0 Å². The molecule has 0 spiro atoms. The second-order valence-electron chi connectivity index (χ2n) is 7.82. The number of aromatic amines is 1. The highest BCUT2D eigenvalue weighted by molar-refractivity contribution is 5.90. The predicted molar refractivity (Wildman–Crippen MR) is 95.0 cm³/mol. The molecule has 0 bridgehead atoms. The number of urea groups is 1. The van der Waals surface area contributed by atoms with Crippen LogP contribution in [0.1, 0.15) is 44.4 Å². The molecule has 0 saturated heterocycles. The number of carbonyl (C=O) groups excluding carboxylic acids is 1. The molecule has 5 heteroatoms. The zero-order valence-corrected chi connectivity index (χ0v) is 14.3. The minimum Gasteiger partial charge on any atom is -0.335 e. The number of anilines is 1. The number of H-pyrrole nitrogens is 1. The molecule has 0 radical (unpaired) electrons. The third kappa shape index (κ3) is 3.16. The van der Waals surface area contributed by atoms with Gasteiger partial charge in [0.15, 0.2) is 0 Å². The normalized spacial score (nSPS) is 18.8. The predicted octanol–water partition coefficient (Wildman–Crippen LogP) is 3.88. The fourth-order valence-electron chi connectivity index (χ4n) is 3.41. The van der Waals surface area contributed by atoms with E-state index >= 15 is 0 Å². The van der Waals surface area contributed by atoms with Crippen LogP contribution in [0.3, 0.4) is 0 Å². The number of hydrogen-bond donors (Lipinski definition) is 3. The van der Waals surface area contributed by atoms with Crippen LogP contribution in [0.4, 0.5) is 10.5 Å². The van der Waals surface area contributed by atoms with Gasteiger partial charge in [0.25, 0.3) is 0 Å². The lowest BCUT2D eigenvalue weighted by Crippen LogP contribution is -2.30. The van der Waals surface area contributed by atoms with Gasteiger partial charge in [-0.25, -0.2) is 4.79 Å². The van der Waals surface area contributed by atoms with E-state index in [9.17, 15) is 4.79 Å². The fraction of sp³-hybridized carbons (Fsp3) is 0.474. The molecule has 0 atom stereocenters. The van der Waals surface area contributed by atoms with E-state index in [4.69, 9.17) is 0 Å². The van der Waals surface area contributed by atoms with E-state index in [0.717, 1.165) is 42.6 Å². The Bertz CT molecular complexity index is 773. The highest BCUT2D eigenvalue weighted by Crippen LogP contribution is 2.38. The van der Waals surface area contributed by atoms with Crippen LogP contribution in [0.15, 0.2) is 24.3 Å². The van der Waals surface area contributed by atoms with Crippen LogP contribution in [0.2, 0.25) is 0 Å². The number of nitrogens with zero attached hydrogens (tertiary/aromatic N) is 1. The summed E-state index contributed by atoms with van der Waals surface area (Å²) in [6.45, 7) is 4.61. The van der Waals surface area contributed by atoms with Crippen molar-refractivity contribution in [1.82, 2.24) is 15.5 Å². The Morgan fingerprint density at radius 2 is 2.17 bits per heavy atom. The van der Waals surface area contributed by atoms with Gasteiger partial charge in [0.1, 0.15) is 0 Å². The summed E-state index contributed by atoms with van der Waals surface area (Å²) in [5.41, 5.74) is 5.79. The summed E-state index contributed by atoms with van der Waals surface area (Å²) in [6, 6.07) is 8.17. The molecular weight excluding hydrogens is 300 g/mol. The lowest BCUT2D eigenvalue weighted by atomic mass is 9.76. The topological polar surface area (TPSA) is 69.8 Å². The summed E-state index contributed by atoms with van der Waals surface area (Å²) in [6.07, 6.45) is 5.44. The van der Waals surface area contributed by atoms with Crippen molar-refractivity contribution in [2.75, 3.05) is 5.32 Å². The highest BCUT2D eigenvalue weighted by Gasteiger charge is 2.29. The van der Waals surface area contributed by atoms with E-state index in [0.29, 0.717) is 11.5 Å². The number of hydrogen-bond acceptors (Lipinski definition) is 2. The van der Waals surface area contributed by atoms with Gasteiger partial charge in [-0.3, -0.25) is 5.10 Å². The second kappa shape index (κ2) is 5.65. The van der Waals surface area contributed by atoms with E-state index < -0.39 is 0 Å². The number of nitrogens with one attached hydrogen (secondary N) is 3. The first-order valence-electron chi connectivity index (χ1n) is 8.74. The van der Waals surface area contributed by atoms with Crippen LogP contribution in [0.5, 0.6) is 0 Å². The average molecular weight is 324 g/mol. The molecule has 2 aromatic rings. The van der Waals surface area contributed by atoms with Gasteiger partial charge in [-0.1, -0.05) is 26.0 Å². The quantitative estimate of drug-likeness (QED) is 0.802. The summed E-state index contributed by atoms with van der Waals surface area (Å²) in [7, 11) is 0. The average Bonchev–Trinajstić information content (AvgIpc) is 3.23. The standard InChI is InChI=1S/C19H24N4O/c1-19(2)9-8-15-16(11-19)22-23-17(15)12-4-3-5-14(10-12)21-18(24)20-13-6-7-13/h3-5,10,13H,6-9,11H2,1-2H3,(H,22,23)(H2,20,21,24). The molecule has 126 valence electrons. The van der Waals surface area contributed by atoms with Gasteiger partial charge in [-0.2, -0.15) is 5.10 Å². The molecule has 5 nitrogen and oxygen atoms in total. The maximum atomic E-state index is 11.9. The molecule has 1 fully saturated rings. The Hall–Kier alpha value is -2.30. The number of aromatic nitrogens is 2. The molecule has 0 unspecified atom stereocenters. The van der Waals surface area contributed by atoms with E-state index in [1.807, 2.05) is 18.2 Å². The molecule has 4 rings (SSSR count). The molecule has 1 saturated carbocycles. The first-order valence-corrected chi connectivity index (χ1v) is 8.74. The number of fused-ring (bicyclic) bond motifs is 1. The number of benzene rings is 1. The first-order chi connectivity index (χ1) is 11.5. The van der Waals surface area contributed by atoms with E-state index in [2.05, 4.69) is 40.7 Å². The molecule has 2 aliphatic carbocycles. The van der Waals surface area contributed by atoms with Gasteiger partial charge in [0, 0.05) is 28.6 Å². The SMILES string of the molecule is CC1(C)CCc2c(-c3cccc(NC(=O)NC4CC4)c3)n[nH]c2C1. The molecule has 3 N–H and O–H groups in total. The first kappa shape index (κ1) is 15.2. The van der Waals surface area contributed by atoms with E-state index in [-0.39, 0.29) is 6.03 Å². The zero-order valence-electron chi connectivity index (χ0n) is 14.3. The maximum absolute atomic E-state index is 11.9. The van der Waals surface area contributed by atoms with Crippen LogP contribution < -0.4 is 10.6 Å². The summed E-state index contributed by atoms with van der Waals surface area (Å²) >= 11 is 0. The Morgan fingerprint density at radius 3 is 2.96 bits per heavy atom. The van der Waals surface area contributed by atoms with Crippen LogP contribution in [0.25, 0.3) is 11.3 Å². The van der Waals surface area contributed by atoms with Crippen LogP contribution in [0, 0.1) is 5.41 Å². The smallest absolute Gasteiger partial charge is 0.319 e. The Kier molecular flexibility index (Phi) is 3.59. The lowest BCUT2D eigenvalue weighted by Gasteiger charge is -2.29. The van der Waals surface area contributed by atoms with Crippen molar-refractivity contribution in [2.24, 2.45) is 5.41 Å². The number of amides is 2. The molecular formula is C19H24N4O. The highest BCUT2D eigenvalue weighted by atomic mass is 16.2. The van der Waals surface area contributed by atoms with Gasteiger partial charge >= 0.3 is 6.03 Å². The fourth-order valence-corrected chi connectivity index (χ4v) is 3.41. The van der Waals surface area contributed by atoms with Gasteiger partial charge in [0.2, 0.25) is 0 Å². The monoisotopic (exact) mass is 324 g/mol.